The van der Waals surface area contributed by atoms with Crippen LogP contribution in [0.2, 0.25) is 0 Å². The molecule has 0 fully saturated rings. The van der Waals surface area contributed by atoms with Crippen molar-refractivity contribution in [3.05, 3.63) is 90.5 Å². The van der Waals surface area contributed by atoms with Crippen molar-refractivity contribution >= 4 is 0 Å². The zero-order valence-electron chi connectivity index (χ0n) is 15.8. The summed E-state index contributed by atoms with van der Waals surface area (Å²) in [4.78, 5) is 0. The van der Waals surface area contributed by atoms with E-state index in [2.05, 4.69) is 35.9 Å². The van der Waals surface area contributed by atoms with Crippen LogP contribution in [-0.2, 0) is 6.42 Å². The van der Waals surface area contributed by atoms with Crippen molar-refractivity contribution in [3.8, 4) is 28.0 Å². The first kappa shape index (κ1) is 20.6. The Bertz CT molecular complexity index is 955. The summed E-state index contributed by atoms with van der Waals surface area (Å²) in [5.74, 6) is -0.194. The quantitative estimate of drug-likeness (QED) is 0.369. The van der Waals surface area contributed by atoms with Crippen LogP contribution in [0.15, 0.2) is 85.0 Å². The molecule has 0 bridgehead atoms. The third-order valence-electron chi connectivity index (χ3n) is 4.43. The third kappa shape index (κ3) is 5.70. The number of hydrogen-bond acceptors (Lipinski definition) is 1. The van der Waals surface area contributed by atoms with Crippen LogP contribution in [0.25, 0.3) is 22.3 Å². The summed E-state index contributed by atoms with van der Waals surface area (Å²) in [7, 11) is 0. The van der Waals surface area contributed by atoms with Gasteiger partial charge >= 0.3 is 6.11 Å². The first-order chi connectivity index (χ1) is 13.9. The Labute approximate surface area is 167 Å². The predicted octanol–water partition coefficient (Wildman–Crippen LogP) is 7.73. The lowest BCUT2D eigenvalue weighted by Gasteiger charge is -2.14. The van der Waals surface area contributed by atoms with Gasteiger partial charge < -0.3 is 4.74 Å². The number of ether oxygens (including phenoxy) is 1. The van der Waals surface area contributed by atoms with Crippen LogP contribution in [0.1, 0.15) is 18.9 Å². The monoisotopic (exact) mass is 400 g/mol. The van der Waals surface area contributed by atoms with Gasteiger partial charge in [-0.25, -0.2) is 0 Å². The lowest BCUT2D eigenvalue weighted by molar-refractivity contribution is -0.133. The van der Waals surface area contributed by atoms with Crippen molar-refractivity contribution < 1.29 is 22.3 Å². The van der Waals surface area contributed by atoms with E-state index in [4.69, 9.17) is 0 Å². The highest BCUT2D eigenvalue weighted by Gasteiger charge is 2.30. The maximum atomic E-state index is 13.3. The molecule has 0 saturated heterocycles. The average Bonchev–Trinajstić information content (AvgIpc) is 2.68. The van der Waals surface area contributed by atoms with Crippen LogP contribution >= 0.6 is 0 Å². The van der Waals surface area contributed by atoms with Gasteiger partial charge in [-0.2, -0.15) is 17.6 Å². The molecule has 0 aliphatic carbocycles. The van der Waals surface area contributed by atoms with E-state index in [-0.39, 0.29) is 5.75 Å². The minimum Gasteiger partial charge on any atom is -0.429 e. The van der Waals surface area contributed by atoms with E-state index in [1.54, 1.807) is 12.1 Å². The average molecular weight is 400 g/mol. The fraction of sp³-hybridized carbons (Fsp3) is 0.167. The van der Waals surface area contributed by atoms with E-state index >= 15 is 0 Å². The number of rotatable bonds is 7. The molecule has 0 unspecified atom stereocenters. The highest BCUT2D eigenvalue weighted by atomic mass is 19.3. The number of halogens is 4. The SMILES string of the molecule is CCCc1ccc(-c2ccc(-c3ccc(OC(F)(F)C=C(F)F)cc3)cc2)cc1. The molecular weight excluding hydrogens is 380 g/mol. The summed E-state index contributed by atoms with van der Waals surface area (Å²) in [6.07, 6.45) is -4.90. The van der Waals surface area contributed by atoms with Crippen molar-refractivity contribution in [2.75, 3.05) is 0 Å². The number of aryl methyl sites for hydroxylation is 1. The fourth-order valence-corrected chi connectivity index (χ4v) is 3.04. The number of benzene rings is 3. The lowest BCUT2D eigenvalue weighted by Crippen LogP contribution is -2.21. The minimum absolute atomic E-state index is 0.194. The van der Waals surface area contributed by atoms with E-state index in [0.717, 1.165) is 35.1 Å². The van der Waals surface area contributed by atoms with E-state index < -0.39 is 18.3 Å². The second-order valence-corrected chi connectivity index (χ2v) is 6.65. The van der Waals surface area contributed by atoms with Gasteiger partial charge in [-0.15, -0.1) is 0 Å². The molecule has 0 atom stereocenters. The maximum absolute atomic E-state index is 13.3. The van der Waals surface area contributed by atoms with Gasteiger partial charge in [0.25, 0.3) is 6.08 Å². The topological polar surface area (TPSA) is 9.23 Å². The molecule has 3 aromatic rings. The molecule has 0 N–H and O–H groups in total. The van der Waals surface area contributed by atoms with Crippen molar-refractivity contribution in [3.63, 3.8) is 0 Å². The molecule has 1 nitrogen and oxygen atoms in total. The zero-order chi connectivity index (χ0) is 20.9. The Morgan fingerprint density at radius 1 is 0.759 bits per heavy atom. The second kappa shape index (κ2) is 8.95. The Morgan fingerprint density at radius 3 is 1.59 bits per heavy atom. The van der Waals surface area contributed by atoms with E-state index in [1.807, 2.05) is 24.3 Å². The molecule has 0 aliphatic rings. The maximum Gasteiger partial charge on any atom is 0.425 e. The van der Waals surface area contributed by atoms with E-state index in [0.29, 0.717) is 0 Å². The molecule has 0 spiro atoms. The molecule has 0 aromatic heterocycles. The zero-order valence-corrected chi connectivity index (χ0v) is 15.8. The Hall–Kier alpha value is -3.08. The van der Waals surface area contributed by atoms with Crippen molar-refractivity contribution in [2.45, 2.75) is 25.9 Å². The Morgan fingerprint density at radius 2 is 1.17 bits per heavy atom. The van der Waals surface area contributed by atoms with Gasteiger partial charge in [0, 0.05) is 0 Å². The first-order valence-corrected chi connectivity index (χ1v) is 9.27. The second-order valence-electron chi connectivity index (χ2n) is 6.65. The van der Waals surface area contributed by atoms with Gasteiger partial charge in [-0.3, -0.25) is 0 Å². The highest BCUT2D eigenvalue weighted by molar-refractivity contribution is 5.70. The van der Waals surface area contributed by atoms with Crippen LogP contribution in [0.5, 0.6) is 5.75 Å². The Kier molecular flexibility index (Phi) is 6.37. The molecule has 5 heteroatoms. The summed E-state index contributed by atoms with van der Waals surface area (Å²) in [6, 6.07) is 22.2. The van der Waals surface area contributed by atoms with Gasteiger partial charge in [0.15, 0.2) is 0 Å². The molecule has 150 valence electrons. The van der Waals surface area contributed by atoms with Crippen LogP contribution in [0.3, 0.4) is 0 Å². The summed E-state index contributed by atoms with van der Waals surface area (Å²) < 4.78 is 54.9. The fourth-order valence-electron chi connectivity index (χ4n) is 3.04. The molecule has 3 aromatic carbocycles. The number of hydrogen-bond donors (Lipinski definition) is 0. The normalized spacial score (nSPS) is 11.2. The largest absolute Gasteiger partial charge is 0.429 e. The number of alkyl halides is 2. The van der Waals surface area contributed by atoms with Crippen molar-refractivity contribution in [1.82, 2.24) is 0 Å². The van der Waals surface area contributed by atoms with Gasteiger partial charge in [0.2, 0.25) is 0 Å². The molecule has 29 heavy (non-hydrogen) atoms. The van der Waals surface area contributed by atoms with Crippen LogP contribution in [-0.4, -0.2) is 6.11 Å². The smallest absolute Gasteiger partial charge is 0.425 e. The molecule has 0 saturated carbocycles. The molecule has 0 amide bonds. The molecule has 0 radical (unpaired) electrons. The third-order valence-corrected chi connectivity index (χ3v) is 4.43. The summed E-state index contributed by atoms with van der Waals surface area (Å²) >= 11 is 0. The van der Waals surface area contributed by atoms with E-state index in [9.17, 15) is 17.6 Å². The van der Waals surface area contributed by atoms with Gasteiger partial charge in [-0.1, -0.05) is 74.0 Å². The van der Waals surface area contributed by atoms with Gasteiger partial charge in [0.05, 0.1) is 6.08 Å². The van der Waals surface area contributed by atoms with Crippen LogP contribution in [0, 0.1) is 0 Å². The first-order valence-electron chi connectivity index (χ1n) is 9.27. The lowest BCUT2D eigenvalue weighted by atomic mass is 9.99. The van der Waals surface area contributed by atoms with Gasteiger partial charge in [-0.05, 0) is 46.4 Å². The minimum atomic E-state index is -4.06. The standard InChI is InChI=1S/C24H20F4O/c1-2-3-17-4-6-18(7-5-17)19-8-10-20(11-9-19)21-12-14-22(15-13-21)29-24(27,28)16-23(25)26/h4-16H,2-3H2,1H3. The Balaban J connectivity index is 1.72. The summed E-state index contributed by atoms with van der Waals surface area (Å²) in [5.41, 5.74) is 5.22. The molecule has 3 rings (SSSR count). The van der Waals surface area contributed by atoms with Crippen molar-refractivity contribution in [2.24, 2.45) is 0 Å². The van der Waals surface area contributed by atoms with Crippen LogP contribution < -0.4 is 4.74 Å². The summed E-state index contributed by atoms with van der Waals surface area (Å²) in [6.45, 7) is 2.15. The highest BCUT2D eigenvalue weighted by Crippen LogP contribution is 2.29. The van der Waals surface area contributed by atoms with Crippen LogP contribution in [0.4, 0.5) is 17.6 Å². The predicted molar refractivity (Wildman–Crippen MR) is 107 cm³/mol. The van der Waals surface area contributed by atoms with Crippen molar-refractivity contribution in [1.29, 1.82) is 0 Å². The molecule has 0 heterocycles. The molecular formula is C24H20F4O. The summed E-state index contributed by atoms with van der Waals surface area (Å²) in [5, 5.41) is 0. The van der Waals surface area contributed by atoms with Gasteiger partial charge in [0.1, 0.15) is 5.75 Å². The molecule has 0 aliphatic heterocycles. The van der Waals surface area contributed by atoms with E-state index in [1.165, 1.54) is 17.7 Å².